The molecule has 2 aromatic rings. The summed E-state index contributed by atoms with van der Waals surface area (Å²) in [6.07, 6.45) is -0.582. The van der Waals surface area contributed by atoms with Crippen LogP contribution < -0.4 is 10.6 Å². The number of nitrogens with one attached hydrogen (secondary N) is 2. The maximum atomic E-state index is 13.1. The second-order valence-corrected chi connectivity index (χ2v) is 5.36. The Balaban J connectivity index is 1.87. The molecule has 0 spiro atoms. The van der Waals surface area contributed by atoms with Gasteiger partial charge in [0, 0.05) is 18.7 Å². The highest BCUT2D eigenvalue weighted by Gasteiger charge is 2.27. The molecule has 0 aromatic heterocycles. The van der Waals surface area contributed by atoms with Gasteiger partial charge in [-0.05, 0) is 29.3 Å². The van der Waals surface area contributed by atoms with E-state index in [1.807, 2.05) is 12.1 Å². The first-order chi connectivity index (χ1) is 10.6. The van der Waals surface area contributed by atoms with Crippen molar-refractivity contribution >= 4 is 5.91 Å². The molecule has 1 aliphatic heterocycles. The third-order valence-electron chi connectivity index (χ3n) is 3.83. The number of benzene rings is 2. The van der Waals surface area contributed by atoms with E-state index in [0.29, 0.717) is 18.7 Å². The topological polar surface area (TPSA) is 61.4 Å². The van der Waals surface area contributed by atoms with E-state index in [0.717, 1.165) is 11.1 Å². The molecular formula is C17H17FN2O2. The van der Waals surface area contributed by atoms with Crippen molar-refractivity contribution in [1.29, 1.82) is 0 Å². The van der Waals surface area contributed by atoms with Gasteiger partial charge in [-0.3, -0.25) is 4.79 Å². The van der Waals surface area contributed by atoms with Gasteiger partial charge in [0.1, 0.15) is 5.82 Å². The molecule has 5 heteroatoms. The lowest BCUT2D eigenvalue weighted by atomic mass is 9.99. The van der Waals surface area contributed by atoms with Crippen LogP contribution >= 0.6 is 0 Å². The summed E-state index contributed by atoms with van der Waals surface area (Å²) in [7, 11) is 0. The molecule has 0 saturated carbocycles. The molecule has 2 atom stereocenters. The number of β-amino-alcohol motifs (C(OH)–C–C–N with tert-alkyl or cyclic N) is 1. The molecule has 3 N–H and O–H groups in total. The van der Waals surface area contributed by atoms with E-state index >= 15 is 0 Å². The van der Waals surface area contributed by atoms with Crippen molar-refractivity contribution in [2.75, 3.05) is 13.1 Å². The Bertz CT molecular complexity index is 673. The quantitative estimate of drug-likeness (QED) is 0.806. The van der Waals surface area contributed by atoms with Gasteiger partial charge in [-0.1, -0.05) is 30.3 Å². The van der Waals surface area contributed by atoms with Crippen molar-refractivity contribution in [2.24, 2.45) is 0 Å². The molecule has 0 unspecified atom stereocenters. The van der Waals surface area contributed by atoms with Crippen molar-refractivity contribution in [3.05, 3.63) is 59.9 Å². The fraction of sp³-hybridized carbons (Fsp3) is 0.235. The standard InChI is InChI=1S/C17H17FN2O2/c18-12-7-5-11(6-8-12)13-3-1-2-4-14(13)17(22)20-15-9-19-10-16(15)21/h1-8,15-16,19,21H,9-10H2,(H,20,22)/t15-,16-/m1/s1. The predicted octanol–water partition coefficient (Wildman–Crippen LogP) is 1.56. The third kappa shape index (κ3) is 3.00. The zero-order valence-corrected chi connectivity index (χ0v) is 11.9. The SMILES string of the molecule is O=C(N[C@@H]1CNC[C@H]1O)c1ccccc1-c1ccc(F)cc1. The molecule has 1 aliphatic rings. The first-order valence-corrected chi connectivity index (χ1v) is 7.20. The molecule has 1 heterocycles. The van der Waals surface area contributed by atoms with E-state index in [2.05, 4.69) is 10.6 Å². The number of aliphatic hydroxyl groups excluding tert-OH is 1. The third-order valence-corrected chi connectivity index (χ3v) is 3.83. The minimum absolute atomic E-state index is 0.243. The number of hydrogen-bond donors (Lipinski definition) is 3. The van der Waals surface area contributed by atoms with Crippen molar-refractivity contribution in [3.8, 4) is 11.1 Å². The molecule has 114 valence electrons. The van der Waals surface area contributed by atoms with Crippen molar-refractivity contribution in [2.45, 2.75) is 12.1 Å². The van der Waals surface area contributed by atoms with Crippen LogP contribution in [0.15, 0.2) is 48.5 Å². The molecule has 0 bridgehead atoms. The summed E-state index contributed by atoms with van der Waals surface area (Å²) in [6.45, 7) is 1.02. The minimum atomic E-state index is -0.582. The molecular weight excluding hydrogens is 283 g/mol. The number of carbonyl (C=O) groups excluding carboxylic acids is 1. The van der Waals surface area contributed by atoms with Gasteiger partial charge in [0.2, 0.25) is 0 Å². The van der Waals surface area contributed by atoms with Crippen LogP contribution in [0.1, 0.15) is 10.4 Å². The Hall–Kier alpha value is -2.24. The molecule has 0 aliphatic carbocycles. The van der Waals surface area contributed by atoms with E-state index in [1.165, 1.54) is 12.1 Å². The van der Waals surface area contributed by atoms with Gasteiger partial charge in [0.05, 0.1) is 12.1 Å². The van der Waals surface area contributed by atoms with Gasteiger partial charge in [-0.2, -0.15) is 0 Å². The summed E-state index contributed by atoms with van der Waals surface area (Å²) in [5, 5.41) is 15.6. The van der Waals surface area contributed by atoms with Gasteiger partial charge in [0.25, 0.3) is 5.91 Å². The Morgan fingerprint density at radius 3 is 2.55 bits per heavy atom. The van der Waals surface area contributed by atoms with Gasteiger partial charge in [0.15, 0.2) is 0 Å². The van der Waals surface area contributed by atoms with Gasteiger partial charge in [-0.25, -0.2) is 4.39 Å². The lowest BCUT2D eigenvalue weighted by Gasteiger charge is -2.17. The summed E-state index contributed by atoms with van der Waals surface area (Å²) in [4.78, 5) is 12.5. The van der Waals surface area contributed by atoms with Crippen LogP contribution in [-0.2, 0) is 0 Å². The van der Waals surface area contributed by atoms with E-state index in [1.54, 1.807) is 24.3 Å². The highest BCUT2D eigenvalue weighted by atomic mass is 19.1. The zero-order chi connectivity index (χ0) is 15.5. The van der Waals surface area contributed by atoms with Gasteiger partial charge in [-0.15, -0.1) is 0 Å². The van der Waals surface area contributed by atoms with Crippen LogP contribution in [0.25, 0.3) is 11.1 Å². The summed E-state index contributed by atoms with van der Waals surface area (Å²) in [5.74, 6) is -0.557. The highest BCUT2D eigenvalue weighted by Crippen LogP contribution is 2.24. The molecule has 3 rings (SSSR count). The maximum Gasteiger partial charge on any atom is 0.252 e. The highest BCUT2D eigenvalue weighted by molar-refractivity contribution is 6.01. The maximum absolute atomic E-state index is 13.1. The Kier molecular flexibility index (Phi) is 4.18. The fourth-order valence-corrected chi connectivity index (χ4v) is 2.62. The molecule has 0 radical (unpaired) electrons. The van der Waals surface area contributed by atoms with E-state index in [9.17, 15) is 14.3 Å². The molecule has 22 heavy (non-hydrogen) atoms. The fourth-order valence-electron chi connectivity index (χ4n) is 2.62. The van der Waals surface area contributed by atoms with Crippen molar-refractivity contribution in [3.63, 3.8) is 0 Å². The first kappa shape index (κ1) is 14.7. The van der Waals surface area contributed by atoms with Crippen molar-refractivity contribution in [1.82, 2.24) is 10.6 Å². The number of aliphatic hydroxyl groups is 1. The molecule has 1 saturated heterocycles. The number of rotatable bonds is 3. The summed E-state index contributed by atoms with van der Waals surface area (Å²) < 4.78 is 13.1. The van der Waals surface area contributed by atoms with Gasteiger partial charge < -0.3 is 15.7 Å². The Morgan fingerprint density at radius 1 is 1.14 bits per heavy atom. The van der Waals surface area contributed by atoms with E-state index in [4.69, 9.17) is 0 Å². The molecule has 1 fully saturated rings. The van der Waals surface area contributed by atoms with E-state index < -0.39 is 6.10 Å². The average Bonchev–Trinajstić information content (AvgIpc) is 2.93. The average molecular weight is 300 g/mol. The molecule has 2 aromatic carbocycles. The Labute approximate surface area is 128 Å². The summed E-state index contributed by atoms with van der Waals surface area (Å²) >= 11 is 0. The zero-order valence-electron chi connectivity index (χ0n) is 11.9. The van der Waals surface area contributed by atoms with Crippen LogP contribution in [0.5, 0.6) is 0 Å². The largest absolute Gasteiger partial charge is 0.390 e. The number of hydrogen-bond acceptors (Lipinski definition) is 3. The smallest absolute Gasteiger partial charge is 0.252 e. The van der Waals surface area contributed by atoms with Crippen LogP contribution in [0, 0.1) is 5.82 Å². The lowest BCUT2D eigenvalue weighted by molar-refractivity contribution is 0.0889. The number of carbonyl (C=O) groups is 1. The molecule has 1 amide bonds. The summed E-state index contributed by atoms with van der Waals surface area (Å²) in [6, 6.07) is 12.9. The number of amides is 1. The van der Waals surface area contributed by atoms with Crippen LogP contribution in [0.2, 0.25) is 0 Å². The monoisotopic (exact) mass is 300 g/mol. The second kappa shape index (κ2) is 6.25. The minimum Gasteiger partial charge on any atom is -0.390 e. The molecule has 4 nitrogen and oxygen atoms in total. The lowest BCUT2D eigenvalue weighted by Crippen LogP contribution is -2.42. The summed E-state index contributed by atoms with van der Waals surface area (Å²) in [5.41, 5.74) is 2.02. The second-order valence-electron chi connectivity index (χ2n) is 5.36. The van der Waals surface area contributed by atoms with Crippen LogP contribution in [0.4, 0.5) is 4.39 Å². The number of halogens is 1. The Morgan fingerprint density at radius 2 is 1.86 bits per heavy atom. The predicted molar refractivity (Wildman–Crippen MR) is 82.0 cm³/mol. The van der Waals surface area contributed by atoms with Crippen molar-refractivity contribution < 1.29 is 14.3 Å². The van der Waals surface area contributed by atoms with Gasteiger partial charge >= 0.3 is 0 Å². The normalized spacial score (nSPS) is 20.8. The van der Waals surface area contributed by atoms with Crippen LogP contribution in [-0.4, -0.2) is 36.2 Å². The first-order valence-electron chi connectivity index (χ1n) is 7.20. The van der Waals surface area contributed by atoms with E-state index in [-0.39, 0.29) is 17.8 Å². The van der Waals surface area contributed by atoms with Crippen LogP contribution in [0.3, 0.4) is 0 Å².